The van der Waals surface area contributed by atoms with Crippen LogP contribution in [0.25, 0.3) is 0 Å². The first-order valence-electron chi connectivity index (χ1n) is 2.64. The Balaban J connectivity index is 2.72. The maximum Gasteiger partial charge on any atom is 0.320 e. The Bertz CT molecular complexity index is 191. The average Bonchev–Trinajstić information content (AvgIpc) is 2.13. The normalized spacial score (nSPS) is 32.7. The molecule has 0 amide bonds. The van der Waals surface area contributed by atoms with E-state index in [0.717, 1.165) is 3.53 Å². The molecule has 56 valence electrons. The molecule has 0 aromatic rings. The molecule has 1 atom stereocenters. The number of thioether (sulfide) groups is 2. The maximum atomic E-state index is 10.6. The summed E-state index contributed by atoms with van der Waals surface area (Å²) in [5.41, 5.74) is 0. The highest BCUT2D eigenvalue weighted by Crippen LogP contribution is 2.41. The van der Waals surface area contributed by atoms with E-state index in [1.165, 1.54) is 23.5 Å². The van der Waals surface area contributed by atoms with Gasteiger partial charge >= 0.3 is 5.97 Å². The lowest BCUT2D eigenvalue weighted by atomic mass is 10.2. The second-order valence-electron chi connectivity index (χ2n) is 2.18. The van der Waals surface area contributed by atoms with E-state index in [2.05, 4.69) is 0 Å². The van der Waals surface area contributed by atoms with Crippen molar-refractivity contribution in [2.45, 2.75) is 11.7 Å². The van der Waals surface area contributed by atoms with Gasteiger partial charge in [0.05, 0.1) is 0 Å². The predicted molar refractivity (Wildman–Crippen MR) is 48.7 cm³/mol. The second-order valence-corrected chi connectivity index (χ2v) is 5.86. The Hall–Kier alpha value is 0.260. The summed E-state index contributed by atoms with van der Waals surface area (Å²) in [6.07, 6.45) is 0. The molecule has 0 aromatic carbocycles. The van der Waals surface area contributed by atoms with Crippen molar-refractivity contribution in [3.63, 3.8) is 0 Å². The Morgan fingerprint density at radius 3 is 2.70 bits per heavy atom. The fraction of sp³-hybridized carbons (Fsp3) is 0.600. The quantitative estimate of drug-likeness (QED) is 0.642. The van der Waals surface area contributed by atoms with Crippen molar-refractivity contribution in [3.05, 3.63) is 0 Å². The monoisotopic (exact) mass is 194 g/mol. The van der Waals surface area contributed by atoms with Crippen molar-refractivity contribution >= 4 is 45.2 Å². The van der Waals surface area contributed by atoms with Gasteiger partial charge in [-0.05, 0) is 6.92 Å². The van der Waals surface area contributed by atoms with Gasteiger partial charge in [-0.15, -0.1) is 11.8 Å². The summed E-state index contributed by atoms with van der Waals surface area (Å²) in [6.45, 7) is 1.70. The fourth-order valence-corrected chi connectivity index (χ4v) is 3.62. The van der Waals surface area contributed by atoms with Crippen LogP contribution in [0, 0.1) is 0 Å². The molecule has 0 bridgehead atoms. The maximum absolute atomic E-state index is 10.6. The zero-order chi connectivity index (χ0) is 7.78. The molecule has 1 aliphatic heterocycles. The van der Waals surface area contributed by atoms with Gasteiger partial charge in [0.1, 0.15) is 8.28 Å². The molecule has 1 saturated heterocycles. The molecule has 1 rings (SSSR count). The third kappa shape index (κ3) is 1.46. The number of aliphatic carboxylic acids is 1. The van der Waals surface area contributed by atoms with Crippen molar-refractivity contribution in [2.24, 2.45) is 0 Å². The highest BCUT2D eigenvalue weighted by molar-refractivity contribution is 8.50. The summed E-state index contributed by atoms with van der Waals surface area (Å²) in [5, 5.41) is 8.70. The lowest BCUT2D eigenvalue weighted by Crippen LogP contribution is -2.31. The number of thiocarbonyl (C=S) groups is 1. The summed E-state index contributed by atoms with van der Waals surface area (Å²) in [4.78, 5) is 10.6. The minimum Gasteiger partial charge on any atom is -0.480 e. The number of carboxylic acids is 1. The van der Waals surface area contributed by atoms with Crippen LogP contribution in [0.15, 0.2) is 0 Å². The molecule has 0 radical (unpaired) electrons. The third-order valence-corrected chi connectivity index (χ3v) is 4.51. The van der Waals surface area contributed by atoms with Gasteiger partial charge in [-0.1, -0.05) is 24.0 Å². The molecule has 0 aliphatic carbocycles. The number of hydrogen-bond acceptors (Lipinski definition) is 4. The summed E-state index contributed by atoms with van der Waals surface area (Å²) >= 11 is 7.57. The SMILES string of the molecule is CC1(C(=O)O)CSC(=S)S1. The van der Waals surface area contributed by atoms with Crippen molar-refractivity contribution in [1.82, 2.24) is 0 Å². The largest absolute Gasteiger partial charge is 0.480 e. The van der Waals surface area contributed by atoms with Crippen LogP contribution in [0.3, 0.4) is 0 Å². The van der Waals surface area contributed by atoms with Gasteiger partial charge in [0, 0.05) is 5.75 Å². The molecule has 0 aromatic heterocycles. The molecule has 1 aliphatic rings. The zero-order valence-corrected chi connectivity index (χ0v) is 7.74. The van der Waals surface area contributed by atoms with E-state index in [1.54, 1.807) is 6.92 Å². The van der Waals surface area contributed by atoms with Crippen LogP contribution in [0.1, 0.15) is 6.92 Å². The van der Waals surface area contributed by atoms with Gasteiger partial charge in [-0.3, -0.25) is 4.79 Å². The first-order valence-corrected chi connectivity index (χ1v) is 4.85. The summed E-state index contributed by atoms with van der Waals surface area (Å²) in [5.74, 6) is -0.184. The molecule has 1 heterocycles. The van der Waals surface area contributed by atoms with Crippen molar-refractivity contribution in [3.8, 4) is 0 Å². The fourth-order valence-electron chi connectivity index (χ4n) is 0.545. The van der Waals surface area contributed by atoms with E-state index in [9.17, 15) is 4.79 Å². The molecule has 1 unspecified atom stereocenters. The van der Waals surface area contributed by atoms with Gasteiger partial charge < -0.3 is 5.11 Å². The van der Waals surface area contributed by atoms with Gasteiger partial charge in [-0.2, -0.15) is 0 Å². The van der Waals surface area contributed by atoms with Crippen LogP contribution in [-0.2, 0) is 4.79 Å². The van der Waals surface area contributed by atoms with Gasteiger partial charge in [0.15, 0.2) is 0 Å². The Morgan fingerprint density at radius 1 is 1.90 bits per heavy atom. The van der Waals surface area contributed by atoms with Crippen LogP contribution < -0.4 is 0 Å². The molecule has 1 N–H and O–H groups in total. The van der Waals surface area contributed by atoms with E-state index >= 15 is 0 Å². The van der Waals surface area contributed by atoms with Crippen molar-refractivity contribution in [1.29, 1.82) is 0 Å². The highest BCUT2D eigenvalue weighted by atomic mass is 32.2. The zero-order valence-electron chi connectivity index (χ0n) is 5.29. The molecular weight excluding hydrogens is 188 g/mol. The van der Waals surface area contributed by atoms with Crippen LogP contribution in [0.4, 0.5) is 0 Å². The minimum atomic E-state index is -0.773. The minimum absolute atomic E-state index is 0.589. The smallest absolute Gasteiger partial charge is 0.320 e. The molecule has 10 heavy (non-hydrogen) atoms. The molecule has 5 heteroatoms. The van der Waals surface area contributed by atoms with E-state index in [1.807, 2.05) is 0 Å². The Labute approximate surface area is 72.8 Å². The van der Waals surface area contributed by atoms with Gasteiger partial charge in [0.2, 0.25) is 0 Å². The van der Waals surface area contributed by atoms with Crippen molar-refractivity contribution < 1.29 is 9.90 Å². The van der Waals surface area contributed by atoms with Crippen LogP contribution >= 0.6 is 35.7 Å². The van der Waals surface area contributed by atoms with E-state index < -0.39 is 10.7 Å². The average molecular weight is 194 g/mol. The molecular formula is C5H6O2S3. The van der Waals surface area contributed by atoms with Crippen LogP contribution in [-0.4, -0.2) is 25.1 Å². The van der Waals surface area contributed by atoms with Crippen LogP contribution in [0.5, 0.6) is 0 Å². The first kappa shape index (κ1) is 8.36. The number of carbonyl (C=O) groups is 1. The summed E-state index contributed by atoms with van der Waals surface area (Å²) in [6, 6.07) is 0. The van der Waals surface area contributed by atoms with E-state index in [-0.39, 0.29) is 0 Å². The van der Waals surface area contributed by atoms with E-state index in [4.69, 9.17) is 17.3 Å². The van der Waals surface area contributed by atoms with Crippen LogP contribution in [0.2, 0.25) is 0 Å². The number of carboxylic acid groups (broad SMARTS) is 1. The number of rotatable bonds is 1. The lowest BCUT2D eigenvalue weighted by molar-refractivity contribution is -0.138. The second kappa shape index (κ2) is 2.71. The summed E-state index contributed by atoms with van der Waals surface area (Å²) in [7, 11) is 0. The highest BCUT2D eigenvalue weighted by Gasteiger charge is 2.40. The van der Waals surface area contributed by atoms with Gasteiger partial charge in [0.25, 0.3) is 0 Å². The molecule has 1 fully saturated rings. The number of hydrogen-bond donors (Lipinski definition) is 1. The predicted octanol–water partition coefficient (Wildman–Crippen LogP) is 1.59. The Morgan fingerprint density at radius 2 is 2.50 bits per heavy atom. The van der Waals surface area contributed by atoms with Gasteiger partial charge in [-0.25, -0.2) is 0 Å². The Kier molecular flexibility index (Phi) is 2.27. The molecule has 0 spiro atoms. The molecule has 0 saturated carbocycles. The summed E-state index contributed by atoms with van der Waals surface area (Å²) < 4.78 is 0.0618. The van der Waals surface area contributed by atoms with Crippen molar-refractivity contribution in [2.75, 3.05) is 5.75 Å². The lowest BCUT2D eigenvalue weighted by Gasteiger charge is -2.13. The standard InChI is InChI=1S/C5H6O2S3/c1-5(3(6)7)2-9-4(8)10-5/h2H2,1H3,(H,6,7). The third-order valence-electron chi connectivity index (χ3n) is 1.23. The first-order chi connectivity index (χ1) is 4.54. The van der Waals surface area contributed by atoms with E-state index in [0.29, 0.717) is 5.75 Å². The topological polar surface area (TPSA) is 37.3 Å². The molecule has 2 nitrogen and oxygen atoms in total.